The lowest BCUT2D eigenvalue weighted by Crippen LogP contribution is -2.38. The van der Waals surface area contributed by atoms with Gasteiger partial charge in [0.25, 0.3) is 0 Å². The molecule has 118 valence electrons. The molecule has 23 heavy (non-hydrogen) atoms. The lowest BCUT2D eigenvalue weighted by molar-refractivity contribution is 0.168. The number of rotatable bonds is 3. The summed E-state index contributed by atoms with van der Waals surface area (Å²) < 4.78 is 4.44. The maximum atomic E-state index is 4.35. The van der Waals surface area contributed by atoms with E-state index in [-0.39, 0.29) is 6.04 Å². The largest absolute Gasteiger partial charge is 0.348 e. The van der Waals surface area contributed by atoms with Crippen molar-refractivity contribution < 1.29 is 0 Å². The predicted molar refractivity (Wildman–Crippen MR) is 88.9 cm³/mol. The molecule has 1 aliphatic heterocycles. The van der Waals surface area contributed by atoms with E-state index < -0.39 is 0 Å². The first-order chi connectivity index (χ1) is 11.2. The molecule has 0 N–H and O–H groups in total. The second-order valence-corrected chi connectivity index (χ2v) is 6.13. The topological polar surface area (TPSA) is 38.9 Å². The van der Waals surface area contributed by atoms with Crippen LogP contribution >= 0.6 is 0 Å². The minimum Gasteiger partial charge on any atom is -0.348 e. The molecule has 0 aliphatic carbocycles. The molecule has 0 spiro atoms. The van der Waals surface area contributed by atoms with Crippen molar-refractivity contribution in [3.8, 4) is 0 Å². The second kappa shape index (κ2) is 5.66. The molecule has 3 aromatic rings. The van der Waals surface area contributed by atoms with E-state index in [4.69, 9.17) is 0 Å². The van der Waals surface area contributed by atoms with Crippen molar-refractivity contribution in [3.63, 3.8) is 0 Å². The smallest absolute Gasteiger partial charge is 0.146 e. The molecule has 1 aromatic carbocycles. The average molecular weight is 307 g/mol. The van der Waals surface area contributed by atoms with Crippen LogP contribution in [0.25, 0.3) is 0 Å². The number of nitrogens with zero attached hydrogens (tertiary/aromatic N) is 5. The van der Waals surface area contributed by atoms with Gasteiger partial charge in [0.1, 0.15) is 11.6 Å². The SMILES string of the molecule is Cc1nnc(CN2CCn3cccc3C2c2ccccc2)n1C. The summed E-state index contributed by atoms with van der Waals surface area (Å²) in [5.41, 5.74) is 2.67. The lowest BCUT2D eigenvalue weighted by atomic mass is 10.00. The van der Waals surface area contributed by atoms with Gasteiger partial charge in [0, 0.05) is 32.0 Å². The number of hydrogen-bond donors (Lipinski definition) is 0. The normalized spacial score (nSPS) is 18.1. The van der Waals surface area contributed by atoms with Crippen molar-refractivity contribution in [3.05, 3.63) is 71.6 Å². The Balaban J connectivity index is 1.72. The Hall–Kier alpha value is -2.40. The van der Waals surface area contributed by atoms with E-state index in [0.717, 1.165) is 31.3 Å². The fourth-order valence-electron chi connectivity index (χ4n) is 3.39. The van der Waals surface area contributed by atoms with Gasteiger partial charge in [0.2, 0.25) is 0 Å². The van der Waals surface area contributed by atoms with Crippen molar-refractivity contribution in [2.45, 2.75) is 26.1 Å². The highest BCUT2D eigenvalue weighted by Gasteiger charge is 2.29. The third kappa shape index (κ3) is 2.47. The van der Waals surface area contributed by atoms with Gasteiger partial charge in [-0.1, -0.05) is 30.3 Å². The van der Waals surface area contributed by atoms with Crippen LogP contribution in [0.15, 0.2) is 48.7 Å². The fourth-order valence-corrected chi connectivity index (χ4v) is 3.39. The second-order valence-electron chi connectivity index (χ2n) is 6.13. The van der Waals surface area contributed by atoms with Gasteiger partial charge in [-0.2, -0.15) is 0 Å². The zero-order valence-corrected chi connectivity index (χ0v) is 13.6. The van der Waals surface area contributed by atoms with E-state index in [9.17, 15) is 0 Å². The number of aromatic nitrogens is 4. The summed E-state index contributed by atoms with van der Waals surface area (Å²) in [4.78, 5) is 2.49. The molecular weight excluding hydrogens is 286 g/mol. The summed E-state index contributed by atoms with van der Waals surface area (Å²) in [5, 5.41) is 8.54. The highest BCUT2D eigenvalue weighted by atomic mass is 15.3. The van der Waals surface area contributed by atoms with E-state index >= 15 is 0 Å². The minimum atomic E-state index is 0.261. The fraction of sp³-hybridized carbons (Fsp3) is 0.333. The summed E-state index contributed by atoms with van der Waals surface area (Å²) in [6.45, 7) is 4.82. The van der Waals surface area contributed by atoms with Gasteiger partial charge < -0.3 is 9.13 Å². The summed E-state index contributed by atoms with van der Waals surface area (Å²) in [7, 11) is 2.04. The molecule has 0 bridgehead atoms. The average Bonchev–Trinajstić information content (AvgIpc) is 3.17. The molecule has 1 aliphatic rings. The van der Waals surface area contributed by atoms with Gasteiger partial charge in [-0.3, -0.25) is 4.90 Å². The number of benzene rings is 1. The van der Waals surface area contributed by atoms with Crippen LogP contribution in [0.4, 0.5) is 0 Å². The molecule has 4 rings (SSSR count). The zero-order valence-electron chi connectivity index (χ0n) is 13.6. The quantitative estimate of drug-likeness (QED) is 0.746. The van der Waals surface area contributed by atoms with E-state index in [0.29, 0.717) is 0 Å². The van der Waals surface area contributed by atoms with E-state index in [1.807, 2.05) is 14.0 Å². The van der Waals surface area contributed by atoms with Gasteiger partial charge in [-0.05, 0) is 24.6 Å². The predicted octanol–water partition coefficient (Wildman–Crippen LogP) is 2.53. The van der Waals surface area contributed by atoms with Crippen molar-refractivity contribution in [2.24, 2.45) is 7.05 Å². The highest BCUT2D eigenvalue weighted by molar-refractivity contribution is 5.30. The first kappa shape index (κ1) is 14.2. The maximum absolute atomic E-state index is 4.35. The number of hydrogen-bond acceptors (Lipinski definition) is 3. The summed E-state index contributed by atoms with van der Waals surface area (Å²) in [6, 6.07) is 15.3. The summed E-state index contributed by atoms with van der Waals surface area (Å²) in [6.07, 6.45) is 2.18. The van der Waals surface area contributed by atoms with Crippen molar-refractivity contribution in [2.75, 3.05) is 6.54 Å². The zero-order chi connectivity index (χ0) is 15.8. The molecule has 0 saturated carbocycles. The van der Waals surface area contributed by atoms with Gasteiger partial charge in [-0.15, -0.1) is 10.2 Å². The molecule has 5 heteroatoms. The third-order valence-electron chi connectivity index (χ3n) is 4.78. The molecular formula is C18H21N5. The van der Waals surface area contributed by atoms with Gasteiger partial charge in [0.15, 0.2) is 0 Å². The molecule has 0 saturated heterocycles. The van der Waals surface area contributed by atoms with E-state index in [2.05, 4.69) is 72.9 Å². The maximum Gasteiger partial charge on any atom is 0.146 e. The third-order valence-corrected chi connectivity index (χ3v) is 4.78. The van der Waals surface area contributed by atoms with Gasteiger partial charge in [-0.25, -0.2) is 0 Å². The molecule has 0 amide bonds. The molecule has 5 nitrogen and oxygen atoms in total. The van der Waals surface area contributed by atoms with Crippen LogP contribution in [0.1, 0.15) is 28.9 Å². The minimum absolute atomic E-state index is 0.261. The Morgan fingerprint density at radius 2 is 1.87 bits per heavy atom. The van der Waals surface area contributed by atoms with Crippen LogP contribution in [0.2, 0.25) is 0 Å². The van der Waals surface area contributed by atoms with Crippen LogP contribution in [0, 0.1) is 6.92 Å². The van der Waals surface area contributed by atoms with Crippen LogP contribution in [-0.2, 0) is 20.1 Å². The summed E-state index contributed by atoms with van der Waals surface area (Å²) in [5.74, 6) is 1.97. The molecule has 2 aromatic heterocycles. The lowest BCUT2D eigenvalue weighted by Gasteiger charge is -2.37. The number of aryl methyl sites for hydroxylation is 1. The Labute approximate surface area is 136 Å². The first-order valence-corrected chi connectivity index (χ1v) is 8.03. The monoisotopic (exact) mass is 307 g/mol. The molecule has 1 unspecified atom stereocenters. The van der Waals surface area contributed by atoms with Crippen molar-refractivity contribution in [1.82, 2.24) is 24.2 Å². The van der Waals surface area contributed by atoms with Crippen molar-refractivity contribution in [1.29, 1.82) is 0 Å². The molecule has 0 radical (unpaired) electrons. The van der Waals surface area contributed by atoms with Crippen molar-refractivity contribution >= 4 is 0 Å². The van der Waals surface area contributed by atoms with E-state index in [1.165, 1.54) is 11.3 Å². The first-order valence-electron chi connectivity index (χ1n) is 8.03. The van der Waals surface area contributed by atoms with Crippen LogP contribution < -0.4 is 0 Å². The Morgan fingerprint density at radius 3 is 2.61 bits per heavy atom. The standard InChI is InChI=1S/C18H21N5/c1-14-19-20-17(21(14)2)13-23-12-11-22-10-6-9-16(22)18(23)15-7-4-3-5-8-15/h3-10,18H,11-13H2,1-2H3. The van der Waals surface area contributed by atoms with Crippen LogP contribution in [-0.4, -0.2) is 30.8 Å². The van der Waals surface area contributed by atoms with Gasteiger partial charge >= 0.3 is 0 Å². The Morgan fingerprint density at radius 1 is 1.04 bits per heavy atom. The molecule has 0 fully saturated rings. The Bertz CT molecular complexity index is 802. The molecule has 1 atom stereocenters. The van der Waals surface area contributed by atoms with Crippen LogP contribution in [0.3, 0.4) is 0 Å². The van der Waals surface area contributed by atoms with Gasteiger partial charge in [0.05, 0.1) is 12.6 Å². The number of fused-ring (bicyclic) bond motifs is 1. The highest BCUT2D eigenvalue weighted by Crippen LogP contribution is 2.33. The van der Waals surface area contributed by atoms with Crippen LogP contribution in [0.5, 0.6) is 0 Å². The Kier molecular flexibility index (Phi) is 3.50. The van der Waals surface area contributed by atoms with E-state index in [1.54, 1.807) is 0 Å². The summed E-state index contributed by atoms with van der Waals surface area (Å²) >= 11 is 0. The molecule has 3 heterocycles.